The molecule has 0 bridgehead atoms. The fourth-order valence-electron chi connectivity index (χ4n) is 2.95. The first-order valence-corrected chi connectivity index (χ1v) is 9.26. The third kappa shape index (κ3) is 4.11. The highest BCUT2D eigenvalue weighted by atomic mass is 19.4. The van der Waals surface area contributed by atoms with E-state index in [0.29, 0.717) is 30.2 Å². The van der Waals surface area contributed by atoms with E-state index in [0.717, 1.165) is 30.0 Å². The van der Waals surface area contributed by atoms with E-state index in [1.807, 2.05) is 24.3 Å². The van der Waals surface area contributed by atoms with Crippen molar-refractivity contribution in [3.63, 3.8) is 0 Å². The van der Waals surface area contributed by atoms with E-state index in [4.69, 9.17) is 10.5 Å². The molecule has 3 aromatic heterocycles. The Bertz CT molecular complexity index is 1160. The minimum absolute atomic E-state index is 0.283. The molecule has 0 fully saturated rings. The van der Waals surface area contributed by atoms with Gasteiger partial charge in [-0.1, -0.05) is 0 Å². The number of benzene rings is 1. The number of aromatic nitrogens is 4. The molecule has 0 aliphatic heterocycles. The summed E-state index contributed by atoms with van der Waals surface area (Å²) in [6, 6.07) is 12.0. The SMILES string of the molecule is NCCCOc1ccc(-c2ccc3ncc(-c4cncc(C(F)(F)F)c4)n3n2)cc1. The van der Waals surface area contributed by atoms with Crippen LogP contribution >= 0.6 is 0 Å². The number of alkyl halides is 3. The minimum Gasteiger partial charge on any atom is -0.494 e. The van der Waals surface area contributed by atoms with Crippen LogP contribution in [0.5, 0.6) is 5.75 Å². The Labute approximate surface area is 170 Å². The molecule has 4 rings (SSSR count). The largest absolute Gasteiger partial charge is 0.494 e. The number of pyridine rings is 1. The topological polar surface area (TPSA) is 78.3 Å². The van der Waals surface area contributed by atoms with Gasteiger partial charge >= 0.3 is 6.18 Å². The van der Waals surface area contributed by atoms with Crippen molar-refractivity contribution in [3.05, 3.63) is 66.6 Å². The molecule has 6 nitrogen and oxygen atoms in total. The monoisotopic (exact) mass is 413 g/mol. The van der Waals surface area contributed by atoms with Crippen molar-refractivity contribution in [2.45, 2.75) is 12.6 Å². The van der Waals surface area contributed by atoms with Crippen LogP contribution in [0.1, 0.15) is 12.0 Å². The average molecular weight is 413 g/mol. The second-order valence-corrected chi connectivity index (χ2v) is 6.61. The lowest BCUT2D eigenvalue weighted by Gasteiger charge is -2.09. The first-order chi connectivity index (χ1) is 14.5. The van der Waals surface area contributed by atoms with Crippen molar-refractivity contribution in [2.24, 2.45) is 5.73 Å². The first kappa shape index (κ1) is 19.8. The van der Waals surface area contributed by atoms with Gasteiger partial charge in [0.1, 0.15) is 5.75 Å². The van der Waals surface area contributed by atoms with Gasteiger partial charge in [-0.25, -0.2) is 9.50 Å². The van der Waals surface area contributed by atoms with E-state index in [1.54, 1.807) is 12.1 Å². The molecule has 154 valence electrons. The number of rotatable bonds is 6. The van der Waals surface area contributed by atoms with E-state index in [1.165, 1.54) is 16.9 Å². The van der Waals surface area contributed by atoms with Gasteiger partial charge in [0.15, 0.2) is 5.65 Å². The molecule has 0 amide bonds. The summed E-state index contributed by atoms with van der Waals surface area (Å²) in [4.78, 5) is 7.96. The van der Waals surface area contributed by atoms with Gasteiger partial charge in [-0.2, -0.15) is 18.3 Å². The predicted octanol–water partition coefficient (Wildman–Crippen LogP) is 4.20. The molecule has 0 saturated carbocycles. The fraction of sp³-hybridized carbons (Fsp3) is 0.190. The minimum atomic E-state index is -4.48. The van der Waals surface area contributed by atoms with E-state index in [-0.39, 0.29) is 5.56 Å². The van der Waals surface area contributed by atoms with Gasteiger partial charge in [-0.3, -0.25) is 4.98 Å². The lowest BCUT2D eigenvalue weighted by atomic mass is 10.1. The number of halogens is 3. The van der Waals surface area contributed by atoms with Crippen LogP contribution in [-0.2, 0) is 6.18 Å². The number of hydrogen-bond acceptors (Lipinski definition) is 5. The molecular weight excluding hydrogens is 395 g/mol. The second kappa shape index (κ2) is 8.11. The normalized spacial score (nSPS) is 11.7. The van der Waals surface area contributed by atoms with Crippen LogP contribution in [0.25, 0.3) is 28.2 Å². The third-order valence-electron chi connectivity index (χ3n) is 4.49. The molecule has 0 radical (unpaired) electrons. The number of imidazole rings is 1. The van der Waals surface area contributed by atoms with E-state index in [2.05, 4.69) is 15.1 Å². The third-order valence-corrected chi connectivity index (χ3v) is 4.49. The summed E-state index contributed by atoms with van der Waals surface area (Å²) in [5.74, 6) is 0.728. The Morgan fingerprint density at radius 3 is 2.50 bits per heavy atom. The number of hydrogen-bond donors (Lipinski definition) is 1. The Balaban J connectivity index is 1.67. The molecule has 1 aromatic carbocycles. The molecular formula is C21H18F3N5O. The molecule has 3 heterocycles. The zero-order valence-electron chi connectivity index (χ0n) is 15.8. The Kier molecular flexibility index (Phi) is 5.37. The van der Waals surface area contributed by atoms with Gasteiger partial charge in [-0.15, -0.1) is 0 Å². The maximum absolute atomic E-state index is 13.0. The van der Waals surface area contributed by atoms with Crippen LogP contribution in [0.3, 0.4) is 0 Å². The van der Waals surface area contributed by atoms with E-state index >= 15 is 0 Å². The van der Waals surface area contributed by atoms with Gasteiger partial charge in [0.2, 0.25) is 0 Å². The van der Waals surface area contributed by atoms with Gasteiger partial charge in [-0.05, 0) is 55.4 Å². The summed E-state index contributed by atoms with van der Waals surface area (Å²) in [6.45, 7) is 1.11. The van der Waals surface area contributed by atoms with Crippen LogP contribution < -0.4 is 10.5 Å². The smallest absolute Gasteiger partial charge is 0.417 e. The molecule has 9 heteroatoms. The lowest BCUT2D eigenvalue weighted by Crippen LogP contribution is -2.06. The van der Waals surface area contributed by atoms with Crippen molar-refractivity contribution < 1.29 is 17.9 Å². The summed E-state index contributed by atoms with van der Waals surface area (Å²) in [6.07, 6.45) is -0.0647. The molecule has 0 aliphatic rings. The summed E-state index contributed by atoms with van der Waals surface area (Å²) in [5, 5.41) is 4.57. The van der Waals surface area contributed by atoms with Gasteiger partial charge in [0, 0.05) is 23.5 Å². The first-order valence-electron chi connectivity index (χ1n) is 9.26. The number of nitrogens with two attached hydrogens (primary N) is 1. The van der Waals surface area contributed by atoms with Crippen LogP contribution in [0.4, 0.5) is 13.2 Å². The molecule has 4 aromatic rings. The van der Waals surface area contributed by atoms with Crippen molar-refractivity contribution in [1.82, 2.24) is 19.6 Å². The van der Waals surface area contributed by atoms with E-state index < -0.39 is 11.7 Å². The summed E-state index contributed by atoms with van der Waals surface area (Å²) >= 11 is 0. The fourth-order valence-corrected chi connectivity index (χ4v) is 2.95. The van der Waals surface area contributed by atoms with Gasteiger partial charge in [0.05, 0.1) is 29.8 Å². The zero-order chi connectivity index (χ0) is 21.1. The lowest BCUT2D eigenvalue weighted by molar-refractivity contribution is -0.137. The molecule has 30 heavy (non-hydrogen) atoms. The number of nitrogens with zero attached hydrogens (tertiary/aromatic N) is 4. The zero-order valence-corrected chi connectivity index (χ0v) is 15.8. The van der Waals surface area contributed by atoms with Crippen LogP contribution in [-0.4, -0.2) is 32.7 Å². The van der Waals surface area contributed by atoms with Gasteiger partial charge in [0.25, 0.3) is 0 Å². The molecule has 2 N–H and O–H groups in total. The number of ether oxygens (including phenoxy) is 1. The average Bonchev–Trinajstić information content (AvgIpc) is 3.17. The molecule has 0 spiro atoms. The summed E-state index contributed by atoms with van der Waals surface area (Å²) < 4.78 is 46.2. The Morgan fingerprint density at radius 1 is 0.967 bits per heavy atom. The highest BCUT2D eigenvalue weighted by Gasteiger charge is 2.31. The quantitative estimate of drug-likeness (QED) is 0.479. The van der Waals surface area contributed by atoms with Crippen molar-refractivity contribution in [1.29, 1.82) is 0 Å². The van der Waals surface area contributed by atoms with Crippen molar-refractivity contribution in [2.75, 3.05) is 13.2 Å². The molecule has 0 unspecified atom stereocenters. The molecule has 0 atom stereocenters. The van der Waals surface area contributed by atoms with Crippen LogP contribution in [0.15, 0.2) is 61.1 Å². The Morgan fingerprint density at radius 2 is 1.77 bits per heavy atom. The number of fused-ring (bicyclic) bond motifs is 1. The molecule has 0 aliphatic carbocycles. The second-order valence-electron chi connectivity index (χ2n) is 6.61. The van der Waals surface area contributed by atoms with E-state index in [9.17, 15) is 13.2 Å². The highest BCUT2D eigenvalue weighted by molar-refractivity contribution is 5.66. The standard InChI is InChI=1S/C21H18F3N5O/c22-21(23,24)16-10-15(11-26-12-16)19-13-27-20-7-6-18(28-29(19)20)14-2-4-17(5-3-14)30-9-1-8-25/h2-7,10-13H,1,8-9,25H2. The maximum atomic E-state index is 13.0. The highest BCUT2D eigenvalue weighted by Crippen LogP contribution is 2.31. The Hall–Kier alpha value is -3.46. The predicted molar refractivity (Wildman–Crippen MR) is 106 cm³/mol. The van der Waals surface area contributed by atoms with Crippen LogP contribution in [0.2, 0.25) is 0 Å². The molecule has 0 saturated heterocycles. The van der Waals surface area contributed by atoms with Gasteiger partial charge < -0.3 is 10.5 Å². The summed E-state index contributed by atoms with van der Waals surface area (Å²) in [5.41, 5.74) is 7.35. The van der Waals surface area contributed by atoms with Crippen molar-refractivity contribution >= 4 is 5.65 Å². The van der Waals surface area contributed by atoms with Crippen molar-refractivity contribution in [3.8, 4) is 28.3 Å². The maximum Gasteiger partial charge on any atom is 0.417 e. The van der Waals surface area contributed by atoms with Crippen LogP contribution in [0, 0.1) is 0 Å². The summed E-state index contributed by atoms with van der Waals surface area (Å²) in [7, 11) is 0.